The van der Waals surface area contributed by atoms with Gasteiger partial charge in [0.1, 0.15) is 17.3 Å². The molecule has 0 atom stereocenters. The average molecular weight is 285 g/mol. The fraction of sp³-hybridized carbons (Fsp3) is 0.0625. The number of carboxylic acid groups (broad SMARTS) is 1. The molecule has 0 aliphatic rings. The molecule has 1 aromatic heterocycles. The first-order valence-electron chi connectivity index (χ1n) is 6.29. The maximum Gasteiger partial charge on any atom is 0.352 e. The molecule has 106 valence electrons. The van der Waals surface area contributed by atoms with Crippen molar-refractivity contribution in [3.63, 3.8) is 0 Å². The van der Waals surface area contributed by atoms with Crippen LogP contribution in [0.25, 0.3) is 22.0 Å². The third-order valence-electron chi connectivity index (χ3n) is 3.53. The monoisotopic (exact) mass is 285 g/mol. The van der Waals surface area contributed by atoms with Crippen molar-refractivity contribution >= 4 is 16.9 Å². The van der Waals surface area contributed by atoms with Crippen LogP contribution >= 0.6 is 0 Å². The maximum absolute atomic E-state index is 13.9. The van der Waals surface area contributed by atoms with Crippen LogP contribution in [0.4, 0.5) is 4.39 Å². The van der Waals surface area contributed by atoms with Crippen molar-refractivity contribution in [3.05, 3.63) is 54.0 Å². The molecule has 0 amide bonds. The smallest absolute Gasteiger partial charge is 0.352 e. The molecule has 4 nitrogen and oxygen atoms in total. The van der Waals surface area contributed by atoms with E-state index in [4.69, 9.17) is 5.11 Å². The van der Waals surface area contributed by atoms with Gasteiger partial charge in [-0.05, 0) is 35.9 Å². The van der Waals surface area contributed by atoms with Gasteiger partial charge < -0.3 is 14.8 Å². The fourth-order valence-electron chi connectivity index (χ4n) is 2.46. The quantitative estimate of drug-likeness (QED) is 0.758. The molecule has 0 saturated carbocycles. The Morgan fingerprint density at radius 3 is 2.57 bits per heavy atom. The van der Waals surface area contributed by atoms with Gasteiger partial charge in [0.25, 0.3) is 0 Å². The molecule has 21 heavy (non-hydrogen) atoms. The molecule has 0 unspecified atom stereocenters. The first-order chi connectivity index (χ1) is 9.97. The van der Waals surface area contributed by atoms with Crippen molar-refractivity contribution in [2.75, 3.05) is 0 Å². The predicted octanol–water partition coefficient (Wildman–Crippen LogP) is 3.39. The first-order valence-corrected chi connectivity index (χ1v) is 6.29. The molecule has 0 aliphatic carbocycles. The normalized spacial score (nSPS) is 11.0. The Morgan fingerprint density at radius 1 is 1.14 bits per heavy atom. The lowest BCUT2D eigenvalue weighted by molar-refractivity contribution is 0.0687. The van der Waals surface area contributed by atoms with E-state index in [1.165, 1.54) is 12.1 Å². The van der Waals surface area contributed by atoms with Crippen LogP contribution in [0.5, 0.6) is 5.75 Å². The van der Waals surface area contributed by atoms with Gasteiger partial charge in [-0.1, -0.05) is 6.07 Å². The third-order valence-corrected chi connectivity index (χ3v) is 3.53. The van der Waals surface area contributed by atoms with Crippen LogP contribution in [0.15, 0.2) is 42.5 Å². The Bertz CT molecular complexity index is 867. The van der Waals surface area contributed by atoms with Gasteiger partial charge in [-0.2, -0.15) is 0 Å². The largest absolute Gasteiger partial charge is 0.508 e. The molecule has 0 spiro atoms. The number of benzene rings is 2. The zero-order valence-electron chi connectivity index (χ0n) is 11.2. The van der Waals surface area contributed by atoms with Gasteiger partial charge >= 0.3 is 5.97 Å². The topological polar surface area (TPSA) is 62.5 Å². The van der Waals surface area contributed by atoms with Crippen molar-refractivity contribution in [1.29, 1.82) is 0 Å². The van der Waals surface area contributed by atoms with Crippen molar-refractivity contribution in [1.82, 2.24) is 4.57 Å². The van der Waals surface area contributed by atoms with E-state index in [-0.39, 0.29) is 11.4 Å². The van der Waals surface area contributed by atoms with Gasteiger partial charge in [0.15, 0.2) is 0 Å². The molecule has 0 aliphatic heterocycles. The van der Waals surface area contributed by atoms with Crippen molar-refractivity contribution < 1.29 is 19.4 Å². The van der Waals surface area contributed by atoms with E-state index < -0.39 is 11.8 Å². The summed E-state index contributed by atoms with van der Waals surface area (Å²) in [5, 5.41) is 19.1. The molecule has 0 bridgehead atoms. The molecule has 0 fully saturated rings. The zero-order valence-corrected chi connectivity index (χ0v) is 11.2. The Morgan fingerprint density at radius 2 is 1.90 bits per heavy atom. The second-order valence-corrected chi connectivity index (χ2v) is 4.83. The first kappa shape index (κ1) is 13.2. The molecule has 3 rings (SSSR count). The van der Waals surface area contributed by atoms with Crippen molar-refractivity contribution in [2.45, 2.75) is 0 Å². The van der Waals surface area contributed by atoms with Gasteiger partial charge in [0.2, 0.25) is 0 Å². The van der Waals surface area contributed by atoms with Gasteiger partial charge in [0, 0.05) is 29.6 Å². The number of phenols is 1. The minimum atomic E-state index is -1.01. The van der Waals surface area contributed by atoms with Gasteiger partial charge in [0.05, 0.1) is 0 Å². The molecule has 2 aromatic carbocycles. The lowest BCUT2D eigenvalue weighted by Gasteiger charge is -2.05. The molecule has 3 aromatic rings. The molecule has 5 heteroatoms. The summed E-state index contributed by atoms with van der Waals surface area (Å²) in [5.41, 5.74) is 1.92. The highest BCUT2D eigenvalue weighted by atomic mass is 19.1. The van der Waals surface area contributed by atoms with Crippen LogP contribution in [-0.2, 0) is 7.05 Å². The summed E-state index contributed by atoms with van der Waals surface area (Å²) in [4.78, 5) is 11.1. The predicted molar refractivity (Wildman–Crippen MR) is 76.9 cm³/mol. The Balaban J connectivity index is 2.19. The van der Waals surface area contributed by atoms with E-state index in [0.29, 0.717) is 11.1 Å². The molecule has 0 radical (unpaired) electrons. The standard InChI is InChI=1S/C16H12FNO3/c1-18-14-5-2-9(6-10(14)7-15(18)16(20)21)12-4-3-11(19)8-13(12)17/h2-8,19H,1H3,(H,20,21). The van der Waals surface area contributed by atoms with E-state index in [1.807, 2.05) is 0 Å². The number of carboxylic acids is 1. The summed E-state index contributed by atoms with van der Waals surface area (Å²) in [6.07, 6.45) is 0. The summed E-state index contributed by atoms with van der Waals surface area (Å²) >= 11 is 0. The van der Waals surface area contributed by atoms with Crippen LogP contribution in [0.2, 0.25) is 0 Å². The lowest BCUT2D eigenvalue weighted by Crippen LogP contribution is -2.03. The van der Waals surface area contributed by atoms with Crippen LogP contribution in [0, 0.1) is 5.82 Å². The van der Waals surface area contributed by atoms with Gasteiger partial charge in [-0.25, -0.2) is 9.18 Å². The minimum absolute atomic E-state index is 0.134. The van der Waals surface area contributed by atoms with Gasteiger partial charge in [-0.15, -0.1) is 0 Å². The van der Waals surface area contributed by atoms with Crippen LogP contribution < -0.4 is 0 Å². The van der Waals surface area contributed by atoms with E-state index in [0.717, 1.165) is 17.0 Å². The number of carbonyl (C=O) groups is 1. The maximum atomic E-state index is 13.9. The molecule has 0 saturated heterocycles. The summed E-state index contributed by atoms with van der Waals surface area (Å²) in [5.74, 6) is -1.67. The number of aryl methyl sites for hydroxylation is 1. The Labute approximate surface area is 119 Å². The highest BCUT2D eigenvalue weighted by molar-refractivity contribution is 5.96. The van der Waals surface area contributed by atoms with Crippen LogP contribution in [0.3, 0.4) is 0 Å². The van der Waals surface area contributed by atoms with E-state index in [1.54, 1.807) is 35.9 Å². The van der Waals surface area contributed by atoms with Crippen LogP contribution in [0.1, 0.15) is 10.5 Å². The fourth-order valence-corrected chi connectivity index (χ4v) is 2.46. The molecular formula is C16H12FNO3. The Hall–Kier alpha value is -2.82. The number of aromatic nitrogens is 1. The van der Waals surface area contributed by atoms with Gasteiger partial charge in [-0.3, -0.25) is 0 Å². The SMILES string of the molecule is Cn1c(C(=O)O)cc2cc(-c3ccc(O)cc3F)ccc21. The number of halogens is 1. The number of hydrogen-bond donors (Lipinski definition) is 2. The number of nitrogens with zero attached hydrogens (tertiary/aromatic N) is 1. The van der Waals surface area contributed by atoms with E-state index >= 15 is 0 Å². The summed E-state index contributed by atoms with van der Waals surface area (Å²) in [6.45, 7) is 0. The number of fused-ring (bicyclic) bond motifs is 1. The minimum Gasteiger partial charge on any atom is -0.508 e. The third kappa shape index (κ3) is 2.12. The summed E-state index contributed by atoms with van der Waals surface area (Å²) in [7, 11) is 1.67. The van der Waals surface area contributed by atoms with Crippen molar-refractivity contribution in [2.24, 2.45) is 7.05 Å². The highest BCUT2D eigenvalue weighted by Crippen LogP contribution is 2.29. The van der Waals surface area contributed by atoms with Crippen LogP contribution in [-0.4, -0.2) is 20.7 Å². The summed E-state index contributed by atoms with van der Waals surface area (Å²) < 4.78 is 15.5. The number of rotatable bonds is 2. The Kier molecular flexibility index (Phi) is 2.90. The highest BCUT2D eigenvalue weighted by Gasteiger charge is 2.13. The molecular weight excluding hydrogens is 273 g/mol. The second-order valence-electron chi connectivity index (χ2n) is 4.83. The van der Waals surface area contributed by atoms with E-state index in [9.17, 15) is 14.3 Å². The zero-order chi connectivity index (χ0) is 15.1. The summed E-state index contributed by atoms with van der Waals surface area (Å²) in [6, 6.07) is 10.7. The average Bonchev–Trinajstić information content (AvgIpc) is 2.76. The van der Waals surface area contributed by atoms with Crippen molar-refractivity contribution in [3.8, 4) is 16.9 Å². The molecule has 1 heterocycles. The lowest BCUT2D eigenvalue weighted by atomic mass is 10.0. The number of aromatic hydroxyl groups is 1. The number of hydrogen-bond acceptors (Lipinski definition) is 2. The number of aromatic carboxylic acids is 1. The second kappa shape index (κ2) is 4.63. The number of phenolic OH excluding ortho intramolecular Hbond substituents is 1. The van der Waals surface area contributed by atoms with E-state index in [2.05, 4.69) is 0 Å². The molecule has 2 N–H and O–H groups in total.